The molecule has 2 unspecified atom stereocenters. The Labute approximate surface area is 146 Å². The molecule has 2 atom stereocenters. The lowest BCUT2D eigenvalue weighted by atomic mass is 9.96. The number of carbonyl (C=O) groups excluding carboxylic acids is 1. The molecule has 2 heterocycles. The van der Waals surface area contributed by atoms with Crippen LogP contribution in [0.5, 0.6) is 0 Å². The van der Waals surface area contributed by atoms with E-state index in [4.69, 9.17) is 0 Å². The summed E-state index contributed by atoms with van der Waals surface area (Å²) < 4.78 is 0. The monoisotopic (exact) mass is 326 g/mol. The Morgan fingerprint density at radius 1 is 1.21 bits per heavy atom. The second-order valence-corrected chi connectivity index (χ2v) is 7.30. The third-order valence-corrected chi connectivity index (χ3v) is 5.77. The van der Waals surface area contributed by atoms with Gasteiger partial charge in [-0.1, -0.05) is 43.7 Å². The molecular formula is C21H30N2O. The van der Waals surface area contributed by atoms with Crippen LogP contribution in [-0.4, -0.2) is 47.4 Å². The number of hydrogen-bond acceptors (Lipinski definition) is 2. The van der Waals surface area contributed by atoms with Gasteiger partial charge >= 0.3 is 0 Å². The first-order chi connectivity index (χ1) is 11.7. The van der Waals surface area contributed by atoms with Crippen LogP contribution in [0, 0.1) is 0 Å². The fourth-order valence-corrected chi connectivity index (χ4v) is 4.27. The fraction of sp³-hybridized carbons (Fsp3) is 0.571. The Kier molecular flexibility index (Phi) is 5.72. The number of hydrogen-bond donors (Lipinski definition) is 0. The Morgan fingerprint density at radius 2 is 1.88 bits per heavy atom. The standard InChI is InChI=1S/C21H30N2O/c1-3-4-14-23(20-15-18-11-12-19(16-20)22(18)2)21(24)13-10-17-8-6-5-7-9-17/h5-10,13,18-20H,3-4,11-12,14-16H2,1-2H3. The van der Waals surface area contributed by atoms with Crippen molar-refractivity contribution < 1.29 is 4.79 Å². The Bertz CT molecular complexity index is 554. The largest absolute Gasteiger partial charge is 0.336 e. The van der Waals surface area contributed by atoms with Crippen molar-refractivity contribution >= 4 is 12.0 Å². The van der Waals surface area contributed by atoms with E-state index in [1.807, 2.05) is 36.4 Å². The summed E-state index contributed by atoms with van der Waals surface area (Å²) in [6.07, 6.45) is 10.8. The maximum atomic E-state index is 12.9. The van der Waals surface area contributed by atoms with Crippen molar-refractivity contribution in [2.24, 2.45) is 0 Å². The van der Waals surface area contributed by atoms with Crippen LogP contribution in [0.15, 0.2) is 36.4 Å². The van der Waals surface area contributed by atoms with E-state index in [0.29, 0.717) is 18.1 Å². The lowest BCUT2D eigenvalue weighted by Crippen LogP contribution is -2.50. The van der Waals surface area contributed by atoms with Crippen LogP contribution >= 0.6 is 0 Å². The van der Waals surface area contributed by atoms with Crippen LogP contribution in [0.25, 0.3) is 6.08 Å². The van der Waals surface area contributed by atoms with Gasteiger partial charge in [0.2, 0.25) is 5.91 Å². The maximum Gasteiger partial charge on any atom is 0.246 e. The summed E-state index contributed by atoms with van der Waals surface area (Å²) in [5.41, 5.74) is 1.09. The quantitative estimate of drug-likeness (QED) is 0.739. The molecule has 0 N–H and O–H groups in total. The van der Waals surface area contributed by atoms with E-state index in [-0.39, 0.29) is 5.91 Å². The van der Waals surface area contributed by atoms with E-state index >= 15 is 0 Å². The van der Waals surface area contributed by atoms with Gasteiger partial charge in [0, 0.05) is 30.7 Å². The number of rotatable bonds is 6. The molecule has 0 aliphatic carbocycles. The van der Waals surface area contributed by atoms with Gasteiger partial charge in [0.05, 0.1) is 0 Å². The van der Waals surface area contributed by atoms with Crippen LogP contribution in [0.1, 0.15) is 51.0 Å². The zero-order valence-corrected chi connectivity index (χ0v) is 15.0. The summed E-state index contributed by atoms with van der Waals surface area (Å²) in [7, 11) is 2.26. The lowest BCUT2D eigenvalue weighted by molar-refractivity contribution is -0.129. The van der Waals surface area contributed by atoms with Crippen molar-refractivity contribution in [2.45, 2.75) is 63.6 Å². The Balaban J connectivity index is 1.69. The molecule has 0 saturated carbocycles. The Morgan fingerprint density at radius 3 is 2.50 bits per heavy atom. The molecule has 2 saturated heterocycles. The first-order valence-corrected chi connectivity index (χ1v) is 9.44. The third-order valence-electron chi connectivity index (χ3n) is 5.77. The van der Waals surface area contributed by atoms with Crippen LogP contribution in [0.2, 0.25) is 0 Å². The molecule has 24 heavy (non-hydrogen) atoms. The second-order valence-electron chi connectivity index (χ2n) is 7.30. The summed E-state index contributed by atoms with van der Waals surface area (Å²) >= 11 is 0. The van der Waals surface area contributed by atoms with Crippen molar-refractivity contribution in [1.29, 1.82) is 0 Å². The van der Waals surface area contributed by atoms with Crippen LogP contribution < -0.4 is 0 Å². The summed E-state index contributed by atoms with van der Waals surface area (Å²) in [6.45, 7) is 3.09. The number of piperidine rings is 1. The van der Waals surface area contributed by atoms with Gasteiger partial charge in [-0.3, -0.25) is 4.79 Å². The fourth-order valence-electron chi connectivity index (χ4n) is 4.27. The molecule has 1 aromatic carbocycles. The van der Waals surface area contributed by atoms with Gasteiger partial charge in [-0.25, -0.2) is 0 Å². The molecule has 130 valence electrons. The van der Waals surface area contributed by atoms with E-state index in [2.05, 4.69) is 23.8 Å². The Hall–Kier alpha value is -1.61. The lowest BCUT2D eigenvalue weighted by Gasteiger charge is -2.41. The summed E-state index contributed by atoms with van der Waals surface area (Å²) in [4.78, 5) is 17.6. The molecule has 2 aliphatic heterocycles. The number of fused-ring (bicyclic) bond motifs is 2. The third kappa shape index (κ3) is 3.89. The van der Waals surface area contributed by atoms with Gasteiger partial charge in [-0.2, -0.15) is 0 Å². The smallest absolute Gasteiger partial charge is 0.246 e. The molecular weight excluding hydrogens is 296 g/mol. The van der Waals surface area contributed by atoms with Crippen molar-refractivity contribution in [1.82, 2.24) is 9.80 Å². The number of nitrogens with zero attached hydrogens (tertiary/aromatic N) is 2. The highest BCUT2D eigenvalue weighted by atomic mass is 16.2. The van der Waals surface area contributed by atoms with Gasteiger partial charge in [0.1, 0.15) is 0 Å². The summed E-state index contributed by atoms with van der Waals surface area (Å²) in [6, 6.07) is 11.8. The van der Waals surface area contributed by atoms with Crippen LogP contribution in [-0.2, 0) is 4.79 Å². The predicted molar refractivity (Wildman–Crippen MR) is 99.7 cm³/mol. The van der Waals surface area contributed by atoms with Gasteiger partial charge in [-0.15, -0.1) is 0 Å². The van der Waals surface area contributed by atoms with Gasteiger partial charge in [0.25, 0.3) is 0 Å². The molecule has 1 amide bonds. The SMILES string of the molecule is CCCCN(C(=O)C=Cc1ccccc1)C1CC2CCC(C1)N2C. The average molecular weight is 326 g/mol. The number of amides is 1. The normalized spacial score (nSPS) is 26.8. The molecule has 1 aromatic rings. The van der Waals surface area contributed by atoms with E-state index in [9.17, 15) is 4.79 Å². The molecule has 0 radical (unpaired) electrons. The molecule has 3 heteroatoms. The van der Waals surface area contributed by atoms with Gasteiger partial charge < -0.3 is 9.80 Å². The van der Waals surface area contributed by atoms with E-state index in [1.54, 1.807) is 6.08 Å². The molecule has 3 nitrogen and oxygen atoms in total. The first kappa shape index (κ1) is 17.2. The van der Waals surface area contributed by atoms with Crippen LogP contribution in [0.3, 0.4) is 0 Å². The molecule has 0 aromatic heterocycles. The van der Waals surface area contributed by atoms with Crippen LogP contribution in [0.4, 0.5) is 0 Å². The number of carbonyl (C=O) groups is 1. The topological polar surface area (TPSA) is 23.6 Å². The highest BCUT2D eigenvalue weighted by Crippen LogP contribution is 2.36. The molecule has 0 spiro atoms. The zero-order chi connectivity index (χ0) is 16.9. The minimum Gasteiger partial charge on any atom is -0.336 e. The average Bonchev–Trinajstić information content (AvgIpc) is 2.82. The molecule has 3 rings (SSSR count). The minimum absolute atomic E-state index is 0.182. The van der Waals surface area contributed by atoms with Crippen molar-refractivity contribution in [2.75, 3.05) is 13.6 Å². The maximum absolute atomic E-state index is 12.9. The summed E-state index contributed by atoms with van der Waals surface area (Å²) in [5, 5.41) is 0. The van der Waals surface area contributed by atoms with Gasteiger partial charge in [0.15, 0.2) is 0 Å². The molecule has 2 fully saturated rings. The predicted octanol–water partition coefficient (Wildman–Crippen LogP) is 3.95. The van der Waals surface area contributed by atoms with E-state index in [1.165, 1.54) is 12.8 Å². The van der Waals surface area contributed by atoms with Crippen molar-refractivity contribution in [3.63, 3.8) is 0 Å². The van der Waals surface area contributed by atoms with Crippen molar-refractivity contribution in [3.8, 4) is 0 Å². The zero-order valence-electron chi connectivity index (χ0n) is 15.0. The highest BCUT2D eigenvalue weighted by Gasteiger charge is 2.40. The van der Waals surface area contributed by atoms with E-state index < -0.39 is 0 Å². The van der Waals surface area contributed by atoms with Gasteiger partial charge in [-0.05, 0) is 50.8 Å². The first-order valence-electron chi connectivity index (χ1n) is 9.44. The molecule has 2 bridgehead atoms. The number of benzene rings is 1. The van der Waals surface area contributed by atoms with Crippen molar-refractivity contribution in [3.05, 3.63) is 42.0 Å². The highest BCUT2D eigenvalue weighted by molar-refractivity contribution is 5.92. The summed E-state index contributed by atoms with van der Waals surface area (Å²) in [5.74, 6) is 0.182. The van der Waals surface area contributed by atoms with E-state index in [0.717, 1.165) is 37.8 Å². The second kappa shape index (κ2) is 7.98. The number of unbranched alkanes of at least 4 members (excludes halogenated alkanes) is 1. The minimum atomic E-state index is 0.182. The molecule has 2 aliphatic rings.